The first-order valence-corrected chi connectivity index (χ1v) is 7.20. The molecule has 0 spiro atoms. The fourth-order valence-electron chi connectivity index (χ4n) is 2.02. The lowest BCUT2D eigenvalue weighted by atomic mass is 10.1. The number of ether oxygens (including phenoxy) is 2. The Morgan fingerprint density at radius 2 is 2.10 bits per heavy atom. The van der Waals surface area contributed by atoms with E-state index in [4.69, 9.17) is 9.47 Å². The summed E-state index contributed by atoms with van der Waals surface area (Å²) in [6.07, 6.45) is 1.000. The second-order valence-electron chi connectivity index (χ2n) is 5.02. The summed E-state index contributed by atoms with van der Waals surface area (Å²) in [5.74, 6) is 1.36. The maximum Gasteiger partial charge on any atom is 0.161 e. The summed E-state index contributed by atoms with van der Waals surface area (Å²) in [5, 5.41) is 12.6. The molecule has 116 valence electrons. The summed E-state index contributed by atoms with van der Waals surface area (Å²) in [7, 11) is 5.69. The Labute approximate surface area is 127 Å². The van der Waals surface area contributed by atoms with Crippen LogP contribution >= 0.6 is 0 Å². The van der Waals surface area contributed by atoms with Gasteiger partial charge in [0.25, 0.3) is 0 Å². The van der Waals surface area contributed by atoms with Crippen LogP contribution in [-0.2, 0) is 0 Å². The summed E-state index contributed by atoms with van der Waals surface area (Å²) in [6, 6.07) is 7.56. The van der Waals surface area contributed by atoms with Crippen molar-refractivity contribution < 1.29 is 9.47 Å². The molecule has 0 aliphatic carbocycles. The van der Waals surface area contributed by atoms with Gasteiger partial charge in [-0.25, -0.2) is 0 Å². The molecule has 1 aromatic rings. The molecule has 0 aliphatic heterocycles. The van der Waals surface area contributed by atoms with Gasteiger partial charge in [-0.15, -0.1) is 0 Å². The zero-order valence-electron chi connectivity index (χ0n) is 13.3. The Bertz CT molecular complexity index is 469. The van der Waals surface area contributed by atoms with Crippen molar-refractivity contribution in [2.75, 3.05) is 40.9 Å². The molecule has 0 saturated heterocycles. The van der Waals surface area contributed by atoms with Gasteiger partial charge >= 0.3 is 0 Å². The number of rotatable bonds is 9. The maximum atomic E-state index is 9.34. The van der Waals surface area contributed by atoms with Crippen molar-refractivity contribution in [1.29, 1.82) is 5.26 Å². The fraction of sp³-hybridized carbons (Fsp3) is 0.562. The van der Waals surface area contributed by atoms with Gasteiger partial charge in [0.1, 0.15) is 6.04 Å². The van der Waals surface area contributed by atoms with Crippen LogP contribution in [0.3, 0.4) is 0 Å². The van der Waals surface area contributed by atoms with Crippen LogP contribution in [0.15, 0.2) is 18.2 Å². The van der Waals surface area contributed by atoms with Crippen LogP contribution < -0.4 is 14.8 Å². The normalized spacial score (nSPS) is 12.0. The average molecular weight is 291 g/mol. The third-order valence-electron chi connectivity index (χ3n) is 3.08. The van der Waals surface area contributed by atoms with Gasteiger partial charge in [0.2, 0.25) is 0 Å². The van der Waals surface area contributed by atoms with E-state index in [9.17, 15) is 5.26 Å². The first kappa shape index (κ1) is 17.3. The number of nitriles is 1. The van der Waals surface area contributed by atoms with E-state index < -0.39 is 0 Å². The first-order valence-electron chi connectivity index (χ1n) is 7.20. The predicted molar refractivity (Wildman–Crippen MR) is 83.7 cm³/mol. The molecule has 1 rings (SSSR count). The van der Waals surface area contributed by atoms with Crippen LogP contribution in [-0.4, -0.2) is 45.8 Å². The van der Waals surface area contributed by atoms with Crippen LogP contribution in [0.5, 0.6) is 11.5 Å². The highest BCUT2D eigenvalue weighted by molar-refractivity contribution is 5.44. The monoisotopic (exact) mass is 291 g/mol. The van der Waals surface area contributed by atoms with Gasteiger partial charge in [-0.05, 0) is 58.2 Å². The molecular weight excluding hydrogens is 266 g/mol. The largest absolute Gasteiger partial charge is 0.493 e. The van der Waals surface area contributed by atoms with Crippen molar-refractivity contribution in [2.24, 2.45) is 0 Å². The molecule has 0 saturated carbocycles. The molecule has 1 aromatic carbocycles. The van der Waals surface area contributed by atoms with E-state index in [0.717, 1.165) is 25.1 Å². The standard InChI is InChI=1S/C16H25N3O2/c1-5-21-16-11-13(7-8-15(16)20-4)14(12-17)18-9-6-10-19(2)3/h7-8,11,14,18H,5-6,9-10H2,1-4H3. The van der Waals surface area contributed by atoms with Crippen molar-refractivity contribution in [3.8, 4) is 17.6 Å². The van der Waals surface area contributed by atoms with Gasteiger partial charge in [0, 0.05) is 0 Å². The lowest BCUT2D eigenvalue weighted by Crippen LogP contribution is -2.24. The number of methoxy groups -OCH3 is 1. The highest BCUT2D eigenvalue weighted by atomic mass is 16.5. The topological polar surface area (TPSA) is 57.5 Å². The minimum Gasteiger partial charge on any atom is -0.493 e. The smallest absolute Gasteiger partial charge is 0.161 e. The molecule has 5 nitrogen and oxygen atoms in total. The van der Waals surface area contributed by atoms with Crippen molar-refractivity contribution >= 4 is 0 Å². The number of hydrogen-bond donors (Lipinski definition) is 1. The molecule has 0 heterocycles. The molecule has 1 atom stereocenters. The third-order valence-corrected chi connectivity index (χ3v) is 3.08. The Kier molecular flexibility index (Phi) is 7.59. The van der Waals surface area contributed by atoms with Crippen LogP contribution in [0.1, 0.15) is 24.9 Å². The molecule has 1 N–H and O–H groups in total. The Morgan fingerprint density at radius 1 is 1.33 bits per heavy atom. The van der Waals surface area contributed by atoms with Gasteiger partial charge < -0.3 is 14.4 Å². The lowest BCUT2D eigenvalue weighted by molar-refractivity contribution is 0.310. The van der Waals surface area contributed by atoms with E-state index in [1.165, 1.54) is 0 Å². The van der Waals surface area contributed by atoms with E-state index in [0.29, 0.717) is 18.1 Å². The molecule has 0 fully saturated rings. The SMILES string of the molecule is CCOc1cc(C(C#N)NCCCN(C)C)ccc1OC. The molecule has 0 radical (unpaired) electrons. The molecule has 21 heavy (non-hydrogen) atoms. The summed E-state index contributed by atoms with van der Waals surface area (Å²) >= 11 is 0. The summed E-state index contributed by atoms with van der Waals surface area (Å²) < 4.78 is 10.8. The van der Waals surface area contributed by atoms with E-state index in [2.05, 4.69) is 16.3 Å². The van der Waals surface area contributed by atoms with Gasteiger partial charge in [0.05, 0.1) is 19.8 Å². The summed E-state index contributed by atoms with van der Waals surface area (Å²) in [6.45, 7) is 4.28. The highest BCUT2D eigenvalue weighted by Gasteiger charge is 2.13. The predicted octanol–water partition coefficient (Wildman–Crippen LogP) is 2.20. The quantitative estimate of drug-likeness (QED) is 0.707. The van der Waals surface area contributed by atoms with Crippen molar-refractivity contribution in [3.63, 3.8) is 0 Å². The fourth-order valence-corrected chi connectivity index (χ4v) is 2.02. The molecular formula is C16H25N3O2. The van der Waals surface area contributed by atoms with Crippen molar-refractivity contribution in [3.05, 3.63) is 23.8 Å². The van der Waals surface area contributed by atoms with Crippen molar-refractivity contribution in [2.45, 2.75) is 19.4 Å². The van der Waals surface area contributed by atoms with Crippen LogP contribution in [0, 0.1) is 11.3 Å². The molecule has 5 heteroatoms. The first-order chi connectivity index (χ1) is 10.1. The zero-order valence-corrected chi connectivity index (χ0v) is 13.3. The minimum absolute atomic E-state index is 0.336. The van der Waals surface area contributed by atoms with Crippen LogP contribution in [0.2, 0.25) is 0 Å². The van der Waals surface area contributed by atoms with E-state index >= 15 is 0 Å². The Balaban J connectivity index is 2.72. The van der Waals surface area contributed by atoms with Gasteiger partial charge in [-0.1, -0.05) is 6.07 Å². The third kappa shape index (κ3) is 5.62. The maximum absolute atomic E-state index is 9.34. The number of nitrogens with one attached hydrogen (secondary N) is 1. The molecule has 0 bridgehead atoms. The summed E-state index contributed by atoms with van der Waals surface area (Å²) in [4.78, 5) is 2.13. The Morgan fingerprint density at radius 3 is 2.67 bits per heavy atom. The summed E-state index contributed by atoms with van der Waals surface area (Å²) in [5.41, 5.74) is 0.895. The lowest BCUT2D eigenvalue weighted by Gasteiger charge is -2.16. The van der Waals surface area contributed by atoms with E-state index in [1.54, 1.807) is 7.11 Å². The van der Waals surface area contributed by atoms with Gasteiger partial charge in [-0.2, -0.15) is 5.26 Å². The second-order valence-corrected chi connectivity index (χ2v) is 5.02. The molecule has 0 amide bonds. The average Bonchev–Trinajstić information content (AvgIpc) is 2.47. The molecule has 0 aromatic heterocycles. The van der Waals surface area contributed by atoms with Gasteiger partial charge in [-0.3, -0.25) is 5.32 Å². The Hall–Kier alpha value is -1.77. The van der Waals surface area contributed by atoms with Crippen molar-refractivity contribution in [1.82, 2.24) is 10.2 Å². The van der Waals surface area contributed by atoms with Crippen LogP contribution in [0.4, 0.5) is 0 Å². The number of nitrogens with zero attached hydrogens (tertiary/aromatic N) is 2. The number of hydrogen-bond acceptors (Lipinski definition) is 5. The zero-order chi connectivity index (χ0) is 15.7. The molecule has 0 aliphatic rings. The van der Waals surface area contributed by atoms with Gasteiger partial charge in [0.15, 0.2) is 11.5 Å². The van der Waals surface area contributed by atoms with E-state index in [-0.39, 0.29) is 6.04 Å². The number of benzene rings is 1. The second kappa shape index (κ2) is 9.22. The van der Waals surface area contributed by atoms with Crippen LogP contribution in [0.25, 0.3) is 0 Å². The minimum atomic E-state index is -0.336. The van der Waals surface area contributed by atoms with E-state index in [1.807, 2.05) is 39.2 Å². The highest BCUT2D eigenvalue weighted by Crippen LogP contribution is 2.30. The molecule has 1 unspecified atom stereocenters.